The first-order chi connectivity index (χ1) is 14.1. The number of hydrogen-bond acceptors (Lipinski definition) is 5. The van der Waals surface area contributed by atoms with Gasteiger partial charge in [-0.15, -0.1) is 0 Å². The van der Waals surface area contributed by atoms with E-state index in [0.717, 1.165) is 12.1 Å². The summed E-state index contributed by atoms with van der Waals surface area (Å²) >= 11 is 0. The number of hydrogen-bond donors (Lipinski definition) is 2. The zero-order valence-electron chi connectivity index (χ0n) is 16.4. The van der Waals surface area contributed by atoms with Gasteiger partial charge >= 0.3 is 6.03 Å². The number of rotatable bonds is 3. The van der Waals surface area contributed by atoms with E-state index in [4.69, 9.17) is 4.74 Å². The highest BCUT2D eigenvalue weighted by Gasteiger charge is 2.58. The highest BCUT2D eigenvalue weighted by Crippen LogP contribution is 2.41. The van der Waals surface area contributed by atoms with Crippen LogP contribution in [-0.2, 0) is 20.9 Å². The van der Waals surface area contributed by atoms with Crippen LogP contribution in [0.1, 0.15) is 18.4 Å². The van der Waals surface area contributed by atoms with Crippen molar-refractivity contribution < 1.29 is 19.1 Å². The number of carbonyl (C=O) groups is 3. The summed E-state index contributed by atoms with van der Waals surface area (Å²) in [7, 11) is 0. The molecule has 0 aromatic heterocycles. The first kappa shape index (κ1) is 18.6. The Balaban J connectivity index is 1.33. The standard InChI is InChI=1S/C21H26N4O4/c26-17-21(25(19(28)23-17)11-15-4-2-1-3-5-15)6-8-24(9-7-21)18(27)20-13-22-10-16(20)12-29-14-20/h1-5,16,22H,6-14H2,(H,23,26,28)/t16-,20-/m0/s1. The molecule has 0 unspecified atom stereocenters. The van der Waals surface area contributed by atoms with Gasteiger partial charge in [-0.3, -0.25) is 14.9 Å². The molecule has 5 rings (SSSR count). The summed E-state index contributed by atoms with van der Waals surface area (Å²) < 4.78 is 5.63. The number of likely N-dealkylation sites (tertiary alicyclic amines) is 1. The van der Waals surface area contributed by atoms with E-state index in [1.165, 1.54) is 0 Å². The summed E-state index contributed by atoms with van der Waals surface area (Å²) in [6.07, 6.45) is 0.913. The van der Waals surface area contributed by atoms with Crippen LogP contribution in [0, 0.1) is 11.3 Å². The van der Waals surface area contributed by atoms with Crippen LogP contribution in [0.4, 0.5) is 4.79 Å². The molecule has 29 heavy (non-hydrogen) atoms. The van der Waals surface area contributed by atoms with Gasteiger partial charge in [0, 0.05) is 38.6 Å². The second-order valence-electron chi connectivity index (χ2n) is 8.65. The Labute approximate surface area is 169 Å². The van der Waals surface area contributed by atoms with Crippen LogP contribution in [0.5, 0.6) is 0 Å². The van der Waals surface area contributed by atoms with Crippen LogP contribution in [0.2, 0.25) is 0 Å². The van der Waals surface area contributed by atoms with Gasteiger partial charge in [0.05, 0.1) is 18.6 Å². The largest absolute Gasteiger partial charge is 0.380 e. The van der Waals surface area contributed by atoms with Crippen LogP contribution < -0.4 is 10.6 Å². The molecule has 1 spiro atoms. The molecular weight excluding hydrogens is 372 g/mol. The van der Waals surface area contributed by atoms with Gasteiger partial charge in [-0.25, -0.2) is 4.79 Å². The maximum absolute atomic E-state index is 13.4. The van der Waals surface area contributed by atoms with Crippen molar-refractivity contribution in [1.82, 2.24) is 20.4 Å². The van der Waals surface area contributed by atoms with Crippen LogP contribution in [0.15, 0.2) is 30.3 Å². The fourth-order valence-electron chi connectivity index (χ4n) is 5.37. The van der Waals surface area contributed by atoms with Gasteiger partial charge in [-0.2, -0.15) is 0 Å². The quantitative estimate of drug-likeness (QED) is 0.717. The molecule has 4 saturated heterocycles. The first-order valence-corrected chi connectivity index (χ1v) is 10.3. The van der Waals surface area contributed by atoms with Crippen LogP contribution in [0.3, 0.4) is 0 Å². The topological polar surface area (TPSA) is 91.0 Å². The Morgan fingerprint density at radius 3 is 2.69 bits per heavy atom. The summed E-state index contributed by atoms with van der Waals surface area (Å²) in [6.45, 7) is 3.87. The highest BCUT2D eigenvalue weighted by atomic mass is 16.5. The molecule has 0 saturated carbocycles. The molecule has 4 aliphatic heterocycles. The van der Waals surface area contributed by atoms with E-state index >= 15 is 0 Å². The lowest BCUT2D eigenvalue weighted by Gasteiger charge is -2.44. The van der Waals surface area contributed by atoms with Gasteiger partial charge in [0.15, 0.2) is 0 Å². The van der Waals surface area contributed by atoms with Gasteiger partial charge < -0.3 is 19.9 Å². The molecule has 0 bridgehead atoms. The van der Waals surface area contributed by atoms with Crippen LogP contribution >= 0.6 is 0 Å². The fraction of sp³-hybridized carbons (Fsp3) is 0.571. The van der Waals surface area contributed by atoms with Crippen molar-refractivity contribution in [3.05, 3.63) is 35.9 Å². The van der Waals surface area contributed by atoms with E-state index < -0.39 is 11.0 Å². The van der Waals surface area contributed by atoms with Crippen molar-refractivity contribution in [2.24, 2.45) is 11.3 Å². The number of carbonyl (C=O) groups excluding carboxylic acids is 3. The minimum Gasteiger partial charge on any atom is -0.380 e. The Hall–Kier alpha value is -2.45. The second-order valence-corrected chi connectivity index (χ2v) is 8.65. The van der Waals surface area contributed by atoms with Gasteiger partial charge in [0.25, 0.3) is 5.91 Å². The van der Waals surface area contributed by atoms with Gasteiger partial charge in [0.2, 0.25) is 5.91 Å². The molecule has 4 amide bonds. The number of ether oxygens (including phenoxy) is 1. The molecule has 8 nitrogen and oxygen atoms in total. The molecule has 1 aromatic rings. The monoisotopic (exact) mass is 398 g/mol. The van der Waals surface area contributed by atoms with Crippen molar-refractivity contribution >= 4 is 17.8 Å². The molecule has 154 valence electrons. The lowest BCUT2D eigenvalue weighted by molar-refractivity contribution is -0.147. The van der Waals surface area contributed by atoms with Crippen LogP contribution in [-0.4, -0.2) is 72.6 Å². The fourth-order valence-corrected chi connectivity index (χ4v) is 5.37. The van der Waals surface area contributed by atoms with Crippen molar-refractivity contribution in [1.29, 1.82) is 0 Å². The summed E-state index contributed by atoms with van der Waals surface area (Å²) in [6, 6.07) is 9.34. The maximum Gasteiger partial charge on any atom is 0.325 e. The van der Waals surface area contributed by atoms with Crippen molar-refractivity contribution in [3.8, 4) is 0 Å². The number of urea groups is 1. The minimum absolute atomic E-state index is 0.124. The van der Waals surface area contributed by atoms with E-state index in [1.807, 2.05) is 35.2 Å². The minimum atomic E-state index is -0.874. The second kappa shape index (κ2) is 6.81. The Bertz CT molecular complexity index is 824. The van der Waals surface area contributed by atoms with Gasteiger partial charge in [-0.05, 0) is 18.4 Å². The summed E-state index contributed by atoms with van der Waals surface area (Å²) in [5.41, 5.74) is -0.361. The van der Waals surface area contributed by atoms with E-state index in [-0.39, 0.29) is 23.8 Å². The zero-order valence-corrected chi connectivity index (χ0v) is 16.4. The molecule has 0 aliphatic carbocycles. The summed E-state index contributed by atoms with van der Waals surface area (Å²) in [5.74, 6) is 0.101. The summed E-state index contributed by atoms with van der Waals surface area (Å²) in [4.78, 5) is 42.2. The predicted molar refractivity (Wildman–Crippen MR) is 104 cm³/mol. The number of nitrogens with one attached hydrogen (secondary N) is 2. The number of benzene rings is 1. The van der Waals surface area contributed by atoms with E-state index in [2.05, 4.69) is 10.6 Å². The Morgan fingerprint density at radius 2 is 1.93 bits per heavy atom. The van der Waals surface area contributed by atoms with E-state index in [0.29, 0.717) is 52.2 Å². The van der Waals surface area contributed by atoms with Crippen molar-refractivity contribution in [3.63, 3.8) is 0 Å². The van der Waals surface area contributed by atoms with Gasteiger partial charge in [-0.1, -0.05) is 30.3 Å². The SMILES string of the molecule is O=C1NC(=O)C2(CCN(C(=O)[C@]34CNC[C@H]3COC4)CC2)N1Cc1ccccc1. The lowest BCUT2D eigenvalue weighted by atomic mass is 9.78. The first-order valence-electron chi connectivity index (χ1n) is 10.3. The number of piperidine rings is 1. The van der Waals surface area contributed by atoms with E-state index in [1.54, 1.807) is 4.90 Å². The molecule has 1 aromatic carbocycles. The Morgan fingerprint density at radius 1 is 1.17 bits per heavy atom. The van der Waals surface area contributed by atoms with Crippen LogP contribution in [0.25, 0.3) is 0 Å². The number of imide groups is 1. The molecule has 8 heteroatoms. The molecule has 4 heterocycles. The third-order valence-electron chi connectivity index (χ3n) is 7.18. The average Bonchev–Trinajstić information content (AvgIpc) is 3.38. The number of fused-ring (bicyclic) bond motifs is 1. The maximum atomic E-state index is 13.4. The third kappa shape index (κ3) is 2.77. The normalized spacial score (nSPS) is 30.7. The smallest absolute Gasteiger partial charge is 0.325 e. The predicted octanol–water partition coefficient (Wildman–Crippen LogP) is 0.336. The molecular formula is C21H26N4O4. The number of nitrogens with zero attached hydrogens (tertiary/aromatic N) is 2. The average molecular weight is 398 g/mol. The third-order valence-corrected chi connectivity index (χ3v) is 7.18. The van der Waals surface area contributed by atoms with E-state index in [9.17, 15) is 14.4 Å². The number of amides is 4. The summed E-state index contributed by atoms with van der Waals surface area (Å²) in [5, 5.41) is 5.83. The molecule has 2 N–H and O–H groups in total. The lowest BCUT2D eigenvalue weighted by Crippen LogP contribution is -2.59. The zero-order chi connectivity index (χ0) is 20.1. The molecule has 4 aliphatic rings. The van der Waals surface area contributed by atoms with Crippen molar-refractivity contribution in [2.45, 2.75) is 24.9 Å². The molecule has 4 fully saturated rings. The van der Waals surface area contributed by atoms with Gasteiger partial charge in [0.1, 0.15) is 5.54 Å². The van der Waals surface area contributed by atoms with Crippen molar-refractivity contribution in [2.75, 3.05) is 39.4 Å². The molecule has 0 radical (unpaired) electrons. The highest BCUT2D eigenvalue weighted by molar-refractivity contribution is 6.07. The Kier molecular flexibility index (Phi) is 4.36. The molecule has 2 atom stereocenters.